The van der Waals surface area contributed by atoms with Crippen molar-refractivity contribution < 1.29 is 0 Å². The van der Waals surface area contributed by atoms with E-state index in [0.29, 0.717) is 0 Å². The molecule has 3 heteroatoms. The zero-order chi connectivity index (χ0) is 12.6. The van der Waals surface area contributed by atoms with Crippen LogP contribution in [0.4, 0.5) is 5.69 Å². The molecule has 0 fully saturated rings. The Morgan fingerprint density at radius 3 is 2.47 bits per heavy atom. The van der Waals surface area contributed by atoms with Gasteiger partial charge in [0.05, 0.1) is 8.07 Å². The van der Waals surface area contributed by atoms with Crippen LogP contribution < -0.4 is 4.90 Å². The lowest BCUT2D eigenvalue weighted by molar-refractivity contribution is 1.20. The van der Waals surface area contributed by atoms with E-state index in [9.17, 15) is 0 Å². The monoisotopic (exact) mass is 263 g/mol. The third-order valence-corrected chi connectivity index (χ3v) is 5.40. The van der Waals surface area contributed by atoms with Gasteiger partial charge in [-0.2, -0.15) is 0 Å². The molecular formula is C14H18ClNSi. The third-order valence-electron chi connectivity index (χ3n) is 3.04. The number of hydrogen-bond donors (Lipinski definition) is 0. The predicted octanol–water partition coefficient (Wildman–Crippen LogP) is 4.56. The summed E-state index contributed by atoms with van der Waals surface area (Å²) >= 11 is 6.25. The molecule has 1 aromatic carbocycles. The smallest absolute Gasteiger partial charge is 0.0795 e. The van der Waals surface area contributed by atoms with Gasteiger partial charge in [-0.15, -0.1) is 0 Å². The molecule has 1 aromatic rings. The van der Waals surface area contributed by atoms with Crippen LogP contribution in [0.3, 0.4) is 0 Å². The van der Waals surface area contributed by atoms with Crippen molar-refractivity contribution in [2.24, 2.45) is 0 Å². The Bertz CT molecular complexity index is 497. The predicted molar refractivity (Wildman–Crippen MR) is 80.3 cm³/mol. The molecule has 0 N–H and O–H groups in total. The van der Waals surface area contributed by atoms with Crippen molar-refractivity contribution in [1.82, 2.24) is 0 Å². The van der Waals surface area contributed by atoms with Gasteiger partial charge in [0, 0.05) is 29.5 Å². The van der Waals surface area contributed by atoms with Gasteiger partial charge in [-0.05, 0) is 17.3 Å². The van der Waals surface area contributed by atoms with Crippen LogP contribution in [0.25, 0.3) is 6.08 Å². The Labute approximate surface area is 109 Å². The van der Waals surface area contributed by atoms with Crippen LogP contribution in [-0.4, -0.2) is 15.1 Å². The Kier molecular flexibility index (Phi) is 3.19. The average molecular weight is 264 g/mol. The van der Waals surface area contributed by atoms with Crippen molar-refractivity contribution >= 4 is 31.4 Å². The minimum Gasteiger partial charge on any atom is -0.351 e. The third kappa shape index (κ3) is 2.48. The zero-order valence-electron chi connectivity index (χ0n) is 10.8. The number of hydrogen-bond acceptors (Lipinski definition) is 1. The van der Waals surface area contributed by atoms with E-state index >= 15 is 0 Å². The van der Waals surface area contributed by atoms with Crippen LogP contribution in [0.2, 0.25) is 24.7 Å². The summed E-state index contributed by atoms with van der Waals surface area (Å²) in [5.74, 6) is 0. The van der Waals surface area contributed by atoms with E-state index in [1.54, 1.807) is 0 Å². The fraction of sp³-hybridized carbons (Fsp3) is 0.286. The maximum Gasteiger partial charge on any atom is 0.0795 e. The molecule has 0 aliphatic carbocycles. The second kappa shape index (κ2) is 4.35. The summed E-state index contributed by atoms with van der Waals surface area (Å²) in [5.41, 5.74) is 2.28. The van der Waals surface area contributed by atoms with Crippen LogP contribution in [-0.2, 0) is 0 Å². The number of nitrogens with zero attached hydrogens (tertiary/aromatic N) is 1. The van der Waals surface area contributed by atoms with Gasteiger partial charge in [-0.25, -0.2) is 0 Å². The summed E-state index contributed by atoms with van der Waals surface area (Å²) in [6, 6.07) is 6.05. The van der Waals surface area contributed by atoms with Gasteiger partial charge in [0.15, 0.2) is 0 Å². The molecule has 1 nitrogen and oxygen atoms in total. The summed E-state index contributed by atoms with van der Waals surface area (Å²) in [6.45, 7) is 7.07. The SMILES string of the molecule is CN1C=C([Si](C)(C)C)C=Cc2c(Cl)cccc21. The lowest BCUT2D eigenvalue weighted by Gasteiger charge is -2.21. The molecule has 2 rings (SSSR count). The van der Waals surface area contributed by atoms with E-state index in [4.69, 9.17) is 11.6 Å². The van der Waals surface area contributed by atoms with Crippen molar-refractivity contribution in [3.8, 4) is 0 Å². The van der Waals surface area contributed by atoms with E-state index in [0.717, 1.165) is 10.6 Å². The summed E-state index contributed by atoms with van der Waals surface area (Å²) in [5, 5.41) is 2.25. The molecule has 0 unspecified atom stereocenters. The van der Waals surface area contributed by atoms with Crippen molar-refractivity contribution in [3.05, 3.63) is 46.3 Å². The molecule has 0 amide bonds. The van der Waals surface area contributed by atoms with E-state index in [1.165, 1.54) is 10.9 Å². The average Bonchev–Trinajstić information content (AvgIpc) is 2.39. The van der Waals surface area contributed by atoms with Crippen molar-refractivity contribution in [1.29, 1.82) is 0 Å². The van der Waals surface area contributed by atoms with E-state index in [-0.39, 0.29) is 0 Å². The lowest BCUT2D eigenvalue weighted by atomic mass is 10.1. The first-order valence-electron chi connectivity index (χ1n) is 5.81. The fourth-order valence-corrected chi connectivity index (χ4v) is 3.33. The first-order valence-corrected chi connectivity index (χ1v) is 9.69. The maximum absolute atomic E-state index is 6.25. The van der Waals surface area contributed by atoms with Crippen LogP contribution in [0, 0.1) is 0 Å². The van der Waals surface area contributed by atoms with Gasteiger partial charge >= 0.3 is 0 Å². The Hall–Kier alpha value is -0.993. The number of allylic oxidation sites excluding steroid dienone is 2. The van der Waals surface area contributed by atoms with E-state index in [2.05, 4.69) is 56.0 Å². The molecule has 0 aromatic heterocycles. The van der Waals surface area contributed by atoms with Gasteiger partial charge in [0.1, 0.15) is 0 Å². The van der Waals surface area contributed by atoms with Crippen molar-refractivity contribution in [3.63, 3.8) is 0 Å². The second-order valence-electron chi connectivity index (χ2n) is 5.45. The summed E-state index contributed by atoms with van der Waals surface area (Å²) < 4.78 is 0. The first-order chi connectivity index (χ1) is 7.89. The summed E-state index contributed by atoms with van der Waals surface area (Å²) in [6.07, 6.45) is 6.61. The van der Waals surface area contributed by atoms with Crippen LogP contribution in [0.5, 0.6) is 0 Å². The highest BCUT2D eigenvalue weighted by atomic mass is 35.5. The number of halogens is 1. The van der Waals surface area contributed by atoms with Crippen molar-refractivity contribution in [2.45, 2.75) is 19.6 Å². The molecule has 1 aliphatic rings. The van der Waals surface area contributed by atoms with Crippen LogP contribution in [0.15, 0.2) is 35.7 Å². The molecular weight excluding hydrogens is 246 g/mol. The Balaban J connectivity index is 2.54. The highest BCUT2D eigenvalue weighted by Gasteiger charge is 2.20. The fourth-order valence-electron chi connectivity index (χ4n) is 1.94. The van der Waals surface area contributed by atoms with Gasteiger partial charge in [-0.1, -0.05) is 49.5 Å². The highest BCUT2D eigenvalue weighted by molar-refractivity contribution is 6.83. The summed E-state index contributed by atoms with van der Waals surface area (Å²) in [4.78, 5) is 2.18. The normalized spacial score (nSPS) is 15.4. The number of benzene rings is 1. The summed E-state index contributed by atoms with van der Waals surface area (Å²) in [7, 11) is 0.788. The lowest BCUT2D eigenvalue weighted by Crippen LogP contribution is -2.24. The first kappa shape index (κ1) is 12.5. The zero-order valence-corrected chi connectivity index (χ0v) is 12.5. The van der Waals surface area contributed by atoms with Crippen molar-refractivity contribution in [2.75, 3.05) is 11.9 Å². The molecule has 0 bridgehead atoms. The maximum atomic E-state index is 6.25. The minimum atomic E-state index is -1.30. The second-order valence-corrected chi connectivity index (χ2v) is 10.9. The van der Waals surface area contributed by atoms with Crippen LogP contribution in [0.1, 0.15) is 5.56 Å². The molecule has 0 radical (unpaired) electrons. The number of rotatable bonds is 1. The van der Waals surface area contributed by atoms with Gasteiger partial charge in [0.2, 0.25) is 0 Å². The van der Waals surface area contributed by atoms with Gasteiger partial charge < -0.3 is 4.90 Å². The largest absolute Gasteiger partial charge is 0.351 e. The van der Waals surface area contributed by atoms with Gasteiger partial charge in [0.25, 0.3) is 0 Å². The molecule has 0 atom stereocenters. The Morgan fingerprint density at radius 2 is 1.82 bits per heavy atom. The molecule has 1 aliphatic heterocycles. The standard InChI is InChI=1S/C14H18ClNSi/c1-16-10-11(17(2,3)4)8-9-12-13(15)6-5-7-14(12)16/h5-10H,1-4H3. The van der Waals surface area contributed by atoms with E-state index < -0.39 is 8.07 Å². The van der Waals surface area contributed by atoms with Crippen LogP contribution >= 0.6 is 11.6 Å². The quantitative estimate of drug-likeness (QED) is 0.671. The highest BCUT2D eigenvalue weighted by Crippen LogP contribution is 2.32. The molecule has 0 spiro atoms. The van der Waals surface area contributed by atoms with E-state index in [1.807, 2.05) is 12.1 Å². The van der Waals surface area contributed by atoms with Gasteiger partial charge in [-0.3, -0.25) is 0 Å². The minimum absolute atomic E-state index is 0.816. The molecule has 0 saturated carbocycles. The number of fused-ring (bicyclic) bond motifs is 1. The molecule has 0 saturated heterocycles. The topological polar surface area (TPSA) is 3.24 Å². The molecule has 17 heavy (non-hydrogen) atoms. The molecule has 1 heterocycles. The Morgan fingerprint density at radius 1 is 1.12 bits per heavy atom. The number of anilines is 1. The molecule has 90 valence electrons.